The third kappa shape index (κ3) is 2.96. The average Bonchev–Trinajstić information content (AvgIpc) is 3.38. The molecule has 9 rings (SSSR count). The predicted molar refractivity (Wildman–Crippen MR) is 174 cm³/mol. The first kappa shape index (κ1) is 24.8. The summed E-state index contributed by atoms with van der Waals surface area (Å²) >= 11 is 7.64. The second-order valence-electron chi connectivity index (χ2n) is 11.1. The Bertz CT molecular complexity index is 2230. The van der Waals surface area contributed by atoms with Gasteiger partial charge in [-0.1, -0.05) is 111 Å². The summed E-state index contributed by atoms with van der Waals surface area (Å²) in [5.41, 5.74) is 12.1. The second kappa shape index (κ2) is 8.41. The van der Waals surface area contributed by atoms with Crippen LogP contribution in [0.3, 0.4) is 0 Å². The highest BCUT2D eigenvalue weighted by Gasteiger charge is 2.51. The van der Waals surface area contributed by atoms with Gasteiger partial charge in [0.15, 0.2) is 0 Å². The summed E-state index contributed by atoms with van der Waals surface area (Å²) in [5.74, 6) is 0. The van der Waals surface area contributed by atoms with Crippen LogP contribution >= 0.6 is 31.9 Å². The van der Waals surface area contributed by atoms with Gasteiger partial charge >= 0.3 is 0 Å². The van der Waals surface area contributed by atoms with Crippen LogP contribution in [0.25, 0.3) is 44.5 Å². The summed E-state index contributed by atoms with van der Waals surface area (Å²) in [6, 6.07) is 41.8. The van der Waals surface area contributed by atoms with Crippen LogP contribution in [-0.2, 0) is 15.3 Å². The molecule has 1 spiro atoms. The van der Waals surface area contributed by atoms with Crippen LogP contribution in [0.15, 0.2) is 140 Å². The topological polar surface area (TPSA) is 34.1 Å². The minimum atomic E-state index is -3.63. The van der Waals surface area contributed by atoms with E-state index in [1.807, 2.05) is 24.3 Å². The van der Waals surface area contributed by atoms with Gasteiger partial charge in [0, 0.05) is 20.1 Å². The largest absolute Gasteiger partial charge is 0.218 e. The standard InChI is InChI=1S/C37H20Br2O2S/c38-21-13-15-26-23-7-1-2-8-24(23)27-16-14-22(39)18-33(27)37(32(26)17-21)31-11-5-3-9-25(31)29-20-36-30(19-34(29)37)28-10-4-6-12-35(28)42(36,40)41/h1-20H. The minimum absolute atomic E-state index is 0.380. The average molecular weight is 688 g/mol. The SMILES string of the molecule is O=S1(=O)c2ccccc2-c2cc3c(cc21)-c1ccccc1C31c2cc(Br)ccc2-c2ccccc2-c2ccc(Br)cc21. The van der Waals surface area contributed by atoms with E-state index in [9.17, 15) is 8.42 Å². The summed E-state index contributed by atoms with van der Waals surface area (Å²) in [7, 11) is -3.63. The molecule has 3 aliphatic rings. The van der Waals surface area contributed by atoms with Gasteiger partial charge < -0.3 is 0 Å². The van der Waals surface area contributed by atoms with Gasteiger partial charge in [0.1, 0.15) is 0 Å². The lowest BCUT2D eigenvalue weighted by atomic mass is 9.65. The lowest BCUT2D eigenvalue weighted by molar-refractivity contribution is 0.598. The van der Waals surface area contributed by atoms with Crippen molar-refractivity contribution in [1.29, 1.82) is 0 Å². The fraction of sp³-hybridized carbons (Fsp3) is 0.0270. The minimum Gasteiger partial charge on any atom is -0.218 e. The Balaban J connectivity index is 1.54. The van der Waals surface area contributed by atoms with E-state index in [-0.39, 0.29) is 0 Å². The van der Waals surface area contributed by atoms with Crippen molar-refractivity contribution < 1.29 is 8.42 Å². The van der Waals surface area contributed by atoms with E-state index in [0.717, 1.165) is 53.5 Å². The molecular formula is C37H20Br2O2S. The van der Waals surface area contributed by atoms with E-state index < -0.39 is 15.3 Å². The lowest BCUT2D eigenvalue weighted by Gasteiger charge is -2.35. The molecule has 0 bridgehead atoms. The van der Waals surface area contributed by atoms with Gasteiger partial charge in [-0.3, -0.25) is 0 Å². The van der Waals surface area contributed by atoms with Crippen LogP contribution in [0.2, 0.25) is 0 Å². The molecular weight excluding hydrogens is 668 g/mol. The molecule has 0 fully saturated rings. The summed E-state index contributed by atoms with van der Waals surface area (Å²) in [6.45, 7) is 0. The first-order valence-corrected chi connectivity index (χ1v) is 16.8. The summed E-state index contributed by atoms with van der Waals surface area (Å²) < 4.78 is 29.7. The van der Waals surface area contributed by atoms with E-state index in [1.165, 1.54) is 22.3 Å². The zero-order valence-electron chi connectivity index (χ0n) is 22.0. The Hall–Kier alpha value is -3.77. The first-order valence-electron chi connectivity index (χ1n) is 13.7. The molecule has 42 heavy (non-hydrogen) atoms. The van der Waals surface area contributed by atoms with E-state index in [4.69, 9.17) is 0 Å². The fourth-order valence-corrected chi connectivity index (χ4v) is 9.99. The summed E-state index contributed by atoms with van der Waals surface area (Å²) in [5, 5.41) is 0. The zero-order valence-corrected chi connectivity index (χ0v) is 26.0. The van der Waals surface area contributed by atoms with Gasteiger partial charge in [-0.2, -0.15) is 0 Å². The van der Waals surface area contributed by atoms with Gasteiger partial charge in [-0.15, -0.1) is 0 Å². The van der Waals surface area contributed by atoms with E-state index >= 15 is 0 Å². The van der Waals surface area contributed by atoms with Crippen molar-refractivity contribution in [3.05, 3.63) is 153 Å². The number of hydrogen-bond acceptors (Lipinski definition) is 2. The normalized spacial score (nSPS) is 15.5. The Morgan fingerprint density at radius 2 is 0.905 bits per heavy atom. The third-order valence-corrected chi connectivity index (χ3v) is 12.0. The van der Waals surface area contributed by atoms with Gasteiger partial charge in [0.2, 0.25) is 9.84 Å². The van der Waals surface area contributed by atoms with Crippen molar-refractivity contribution in [2.24, 2.45) is 0 Å². The highest BCUT2D eigenvalue weighted by atomic mass is 79.9. The Labute approximate surface area is 260 Å². The molecule has 0 saturated carbocycles. The number of hydrogen-bond donors (Lipinski definition) is 0. The van der Waals surface area contributed by atoms with E-state index in [0.29, 0.717) is 9.79 Å². The molecule has 0 saturated heterocycles. The molecule has 2 aliphatic carbocycles. The number of fused-ring (bicyclic) bond motifs is 15. The smallest absolute Gasteiger partial charge is 0.207 e. The molecule has 6 aromatic carbocycles. The molecule has 1 heterocycles. The molecule has 0 amide bonds. The van der Waals surface area contributed by atoms with Crippen molar-refractivity contribution >= 4 is 41.7 Å². The van der Waals surface area contributed by atoms with Crippen molar-refractivity contribution in [1.82, 2.24) is 0 Å². The first-order chi connectivity index (χ1) is 20.4. The Morgan fingerprint density at radius 1 is 0.405 bits per heavy atom. The van der Waals surface area contributed by atoms with E-state index in [1.54, 1.807) is 12.1 Å². The highest BCUT2D eigenvalue weighted by molar-refractivity contribution is 9.10. The number of halogens is 2. The monoisotopic (exact) mass is 686 g/mol. The maximum Gasteiger partial charge on any atom is 0.207 e. The van der Waals surface area contributed by atoms with Gasteiger partial charge in [0.25, 0.3) is 0 Å². The third-order valence-electron chi connectivity index (χ3n) is 9.18. The quantitative estimate of drug-likeness (QED) is 0.159. The van der Waals surface area contributed by atoms with Crippen LogP contribution < -0.4 is 0 Å². The summed E-state index contributed by atoms with van der Waals surface area (Å²) in [4.78, 5) is 0.765. The van der Waals surface area contributed by atoms with Gasteiger partial charge in [0.05, 0.1) is 15.2 Å². The number of rotatable bonds is 0. The maximum atomic E-state index is 13.8. The molecule has 0 atom stereocenters. The predicted octanol–water partition coefficient (Wildman–Crippen LogP) is 10.0. The molecule has 0 unspecified atom stereocenters. The Morgan fingerprint density at radius 3 is 1.55 bits per heavy atom. The van der Waals surface area contributed by atoms with Crippen LogP contribution in [0, 0.1) is 0 Å². The Kier molecular flexibility index (Phi) is 4.96. The molecule has 6 aromatic rings. The lowest BCUT2D eigenvalue weighted by Crippen LogP contribution is -2.29. The maximum absolute atomic E-state index is 13.8. The van der Waals surface area contributed by atoms with Crippen molar-refractivity contribution in [3.8, 4) is 44.5 Å². The second-order valence-corrected chi connectivity index (χ2v) is 14.8. The molecule has 2 nitrogen and oxygen atoms in total. The van der Waals surface area contributed by atoms with Crippen molar-refractivity contribution in [3.63, 3.8) is 0 Å². The molecule has 0 N–H and O–H groups in total. The summed E-state index contributed by atoms with van der Waals surface area (Å²) in [6.07, 6.45) is 0. The zero-order chi connectivity index (χ0) is 28.4. The number of benzene rings is 6. The van der Waals surface area contributed by atoms with Crippen LogP contribution in [-0.4, -0.2) is 8.42 Å². The van der Waals surface area contributed by atoms with Crippen LogP contribution in [0.4, 0.5) is 0 Å². The molecule has 5 heteroatoms. The van der Waals surface area contributed by atoms with Crippen LogP contribution in [0.5, 0.6) is 0 Å². The molecule has 0 radical (unpaired) electrons. The van der Waals surface area contributed by atoms with Gasteiger partial charge in [-0.25, -0.2) is 8.42 Å². The molecule has 0 aromatic heterocycles. The fourth-order valence-electron chi connectivity index (χ4n) is 7.58. The van der Waals surface area contributed by atoms with Crippen LogP contribution in [0.1, 0.15) is 22.3 Å². The van der Waals surface area contributed by atoms with Gasteiger partial charge in [-0.05, 0) is 98.1 Å². The van der Waals surface area contributed by atoms with E-state index in [2.05, 4.69) is 117 Å². The number of sulfone groups is 1. The highest BCUT2D eigenvalue weighted by Crippen LogP contribution is 2.63. The van der Waals surface area contributed by atoms with Crippen molar-refractivity contribution in [2.45, 2.75) is 15.2 Å². The van der Waals surface area contributed by atoms with Crippen molar-refractivity contribution in [2.75, 3.05) is 0 Å². The molecule has 200 valence electrons. The molecule has 1 aliphatic heterocycles.